The maximum Gasteiger partial charge on any atom is 0.315 e. The van der Waals surface area contributed by atoms with E-state index in [0.29, 0.717) is 0 Å². The molecule has 5 nitrogen and oxygen atoms in total. The number of aliphatic hydroxyl groups excluding tert-OH is 1. The molecule has 0 fully saturated rings. The van der Waals surface area contributed by atoms with Crippen molar-refractivity contribution in [3.8, 4) is 0 Å². The Kier molecular flexibility index (Phi) is 5.10. The van der Waals surface area contributed by atoms with Gasteiger partial charge in [0.25, 0.3) is 0 Å². The third-order valence-electron chi connectivity index (χ3n) is 0.895. The van der Waals surface area contributed by atoms with Crippen LogP contribution in [0.3, 0.4) is 0 Å². The molecule has 0 unspecified atom stereocenters. The van der Waals surface area contributed by atoms with E-state index in [4.69, 9.17) is 5.11 Å². The molecular weight excluding hydrogens is 148 g/mol. The van der Waals surface area contributed by atoms with Gasteiger partial charge < -0.3 is 15.7 Å². The molecule has 0 saturated carbocycles. The number of carbonyl (C=O) groups excluding carboxylic acids is 2. The molecular formula is C6H12N2O3. The Morgan fingerprint density at radius 2 is 2.00 bits per heavy atom. The molecule has 0 aliphatic rings. The van der Waals surface area contributed by atoms with E-state index in [1.165, 1.54) is 6.92 Å². The summed E-state index contributed by atoms with van der Waals surface area (Å²) in [6.45, 7) is 1.50. The highest BCUT2D eigenvalue weighted by Gasteiger charge is 1.98. The van der Waals surface area contributed by atoms with Crippen LogP contribution in [-0.2, 0) is 4.79 Å². The van der Waals surface area contributed by atoms with Crippen molar-refractivity contribution in [2.75, 3.05) is 19.7 Å². The minimum absolute atomic E-state index is 0.0251. The maximum absolute atomic E-state index is 10.6. The topological polar surface area (TPSA) is 78.4 Å². The van der Waals surface area contributed by atoms with Crippen molar-refractivity contribution in [2.24, 2.45) is 0 Å². The molecule has 64 valence electrons. The molecule has 0 aliphatic heterocycles. The second kappa shape index (κ2) is 5.67. The number of carbonyl (C=O) groups is 2. The van der Waals surface area contributed by atoms with Crippen LogP contribution < -0.4 is 10.6 Å². The third-order valence-corrected chi connectivity index (χ3v) is 0.895. The summed E-state index contributed by atoms with van der Waals surface area (Å²) in [5.74, 6) is -0.107. The fraction of sp³-hybridized carbons (Fsp3) is 0.667. The van der Waals surface area contributed by atoms with Crippen LogP contribution in [0.25, 0.3) is 0 Å². The number of nitrogens with one attached hydrogen (secondary N) is 2. The molecule has 0 aliphatic carbocycles. The summed E-state index contributed by atoms with van der Waals surface area (Å²) >= 11 is 0. The molecule has 0 aromatic rings. The molecule has 5 heteroatoms. The number of hydrogen-bond acceptors (Lipinski definition) is 3. The van der Waals surface area contributed by atoms with Crippen LogP contribution in [0.5, 0.6) is 0 Å². The second-order valence-electron chi connectivity index (χ2n) is 2.04. The van der Waals surface area contributed by atoms with Gasteiger partial charge in [-0.25, -0.2) is 4.79 Å². The monoisotopic (exact) mass is 160 g/mol. The standard InChI is InChI=1S/C6H12N2O3/c1-5(10)4-8-6(11)7-2-3-9/h9H,2-4H2,1H3,(H2,7,8,11). The van der Waals surface area contributed by atoms with Crippen molar-refractivity contribution >= 4 is 11.8 Å². The number of hydrogen-bond donors (Lipinski definition) is 3. The predicted octanol–water partition coefficient (Wildman–Crippen LogP) is -1.13. The minimum atomic E-state index is -0.436. The van der Waals surface area contributed by atoms with Gasteiger partial charge in [0.05, 0.1) is 13.2 Å². The zero-order valence-electron chi connectivity index (χ0n) is 6.39. The summed E-state index contributed by atoms with van der Waals surface area (Å²) in [4.78, 5) is 21.0. The Morgan fingerprint density at radius 1 is 1.36 bits per heavy atom. The molecule has 0 aromatic heterocycles. The summed E-state index contributed by atoms with van der Waals surface area (Å²) in [6, 6.07) is -0.436. The summed E-state index contributed by atoms with van der Waals surface area (Å²) in [6.07, 6.45) is 0. The number of rotatable bonds is 4. The molecule has 0 aromatic carbocycles. The average Bonchev–Trinajstić information content (AvgIpc) is 1.97. The first-order valence-corrected chi connectivity index (χ1v) is 3.29. The van der Waals surface area contributed by atoms with Crippen molar-refractivity contribution < 1.29 is 14.7 Å². The number of Topliss-reactive ketones (excluding diaryl/α,β-unsaturated/α-hetero) is 1. The van der Waals surface area contributed by atoms with E-state index >= 15 is 0 Å². The fourth-order valence-electron chi connectivity index (χ4n) is 0.437. The first-order chi connectivity index (χ1) is 5.16. The van der Waals surface area contributed by atoms with Gasteiger partial charge in [-0.1, -0.05) is 0 Å². The Labute approximate surface area is 64.8 Å². The van der Waals surface area contributed by atoms with Gasteiger partial charge in [-0.05, 0) is 6.92 Å². The van der Waals surface area contributed by atoms with Gasteiger partial charge in [-0.15, -0.1) is 0 Å². The minimum Gasteiger partial charge on any atom is -0.395 e. The highest BCUT2D eigenvalue weighted by molar-refractivity contribution is 5.83. The van der Waals surface area contributed by atoms with Crippen molar-refractivity contribution in [1.29, 1.82) is 0 Å². The lowest BCUT2D eigenvalue weighted by atomic mass is 10.4. The average molecular weight is 160 g/mol. The van der Waals surface area contributed by atoms with Crippen molar-refractivity contribution in [3.05, 3.63) is 0 Å². The van der Waals surface area contributed by atoms with E-state index < -0.39 is 6.03 Å². The van der Waals surface area contributed by atoms with Crippen LogP contribution in [0.4, 0.5) is 4.79 Å². The van der Waals surface area contributed by atoms with Gasteiger partial charge in [0.1, 0.15) is 5.78 Å². The van der Waals surface area contributed by atoms with Gasteiger partial charge in [0.2, 0.25) is 0 Å². The van der Waals surface area contributed by atoms with Gasteiger partial charge in [0.15, 0.2) is 0 Å². The quantitative estimate of drug-likeness (QED) is 0.486. The lowest BCUT2D eigenvalue weighted by Crippen LogP contribution is -2.39. The fourth-order valence-corrected chi connectivity index (χ4v) is 0.437. The SMILES string of the molecule is CC(=O)CNC(=O)NCCO. The van der Waals surface area contributed by atoms with Crippen LogP contribution in [-0.4, -0.2) is 36.6 Å². The van der Waals surface area contributed by atoms with Crippen LogP contribution in [0.15, 0.2) is 0 Å². The molecule has 0 rings (SSSR count). The summed E-state index contributed by atoms with van der Waals surface area (Å²) in [7, 11) is 0. The highest BCUT2D eigenvalue weighted by Crippen LogP contribution is 1.66. The Hall–Kier alpha value is -1.10. The van der Waals surface area contributed by atoms with Crippen LogP contribution in [0.1, 0.15) is 6.92 Å². The summed E-state index contributed by atoms with van der Waals surface area (Å²) in [5.41, 5.74) is 0. The van der Waals surface area contributed by atoms with Crippen LogP contribution >= 0.6 is 0 Å². The largest absolute Gasteiger partial charge is 0.395 e. The van der Waals surface area contributed by atoms with Gasteiger partial charge in [-0.3, -0.25) is 4.79 Å². The van der Waals surface area contributed by atoms with Crippen molar-refractivity contribution in [2.45, 2.75) is 6.92 Å². The normalized spacial score (nSPS) is 8.91. The third kappa shape index (κ3) is 6.79. The van der Waals surface area contributed by atoms with Gasteiger partial charge >= 0.3 is 6.03 Å². The number of amides is 2. The van der Waals surface area contributed by atoms with E-state index in [2.05, 4.69) is 10.6 Å². The predicted molar refractivity (Wildman–Crippen MR) is 39.2 cm³/mol. The first kappa shape index (κ1) is 9.90. The van der Waals surface area contributed by atoms with Crippen molar-refractivity contribution in [1.82, 2.24) is 10.6 Å². The van der Waals surface area contributed by atoms with E-state index in [1.54, 1.807) is 0 Å². The van der Waals surface area contributed by atoms with E-state index in [9.17, 15) is 9.59 Å². The molecule has 0 radical (unpaired) electrons. The smallest absolute Gasteiger partial charge is 0.315 e. The lowest BCUT2D eigenvalue weighted by molar-refractivity contribution is -0.116. The van der Waals surface area contributed by atoms with Crippen LogP contribution in [0.2, 0.25) is 0 Å². The zero-order chi connectivity index (χ0) is 8.69. The van der Waals surface area contributed by atoms with E-state index in [-0.39, 0.29) is 25.5 Å². The molecule has 0 bridgehead atoms. The van der Waals surface area contributed by atoms with Gasteiger partial charge in [0, 0.05) is 6.54 Å². The Morgan fingerprint density at radius 3 is 2.45 bits per heavy atom. The van der Waals surface area contributed by atoms with E-state index in [0.717, 1.165) is 0 Å². The zero-order valence-corrected chi connectivity index (χ0v) is 6.39. The number of aliphatic hydroxyl groups is 1. The lowest BCUT2D eigenvalue weighted by Gasteiger charge is -2.02. The molecule has 0 spiro atoms. The van der Waals surface area contributed by atoms with Gasteiger partial charge in [-0.2, -0.15) is 0 Å². The molecule has 2 amide bonds. The first-order valence-electron chi connectivity index (χ1n) is 3.29. The maximum atomic E-state index is 10.6. The summed E-state index contributed by atoms with van der Waals surface area (Å²) < 4.78 is 0. The molecule has 0 heterocycles. The van der Waals surface area contributed by atoms with Crippen molar-refractivity contribution in [3.63, 3.8) is 0 Å². The van der Waals surface area contributed by atoms with Crippen LogP contribution in [0, 0.1) is 0 Å². The summed E-state index contributed by atoms with van der Waals surface area (Å²) in [5, 5.41) is 12.9. The number of urea groups is 1. The second-order valence-corrected chi connectivity index (χ2v) is 2.04. The molecule has 0 saturated heterocycles. The Balaban J connectivity index is 3.30. The highest BCUT2D eigenvalue weighted by atomic mass is 16.3. The number of ketones is 1. The Bertz CT molecular complexity index is 147. The molecule has 11 heavy (non-hydrogen) atoms. The molecule has 3 N–H and O–H groups in total. The molecule has 0 atom stereocenters. The van der Waals surface area contributed by atoms with E-state index in [1.807, 2.05) is 0 Å².